The Labute approximate surface area is 124 Å². The molecule has 0 bridgehead atoms. The molecule has 5 heteroatoms. The maximum absolute atomic E-state index is 11.7. The number of hydrogen-bond donors (Lipinski definition) is 1. The Bertz CT molecular complexity index is 722. The molecule has 1 atom stereocenters. The Kier molecular flexibility index (Phi) is 4.43. The number of rotatable bonds is 5. The lowest BCUT2D eigenvalue weighted by Gasteiger charge is -2.14. The Balaban J connectivity index is 2.29. The number of carbonyl (C=O) groups is 1. The summed E-state index contributed by atoms with van der Waals surface area (Å²) in [5.74, 6) is -0.896. The fourth-order valence-electron chi connectivity index (χ4n) is 2.18. The second kappa shape index (κ2) is 6.10. The largest absolute Gasteiger partial charge is 0.369 e. The zero-order valence-corrected chi connectivity index (χ0v) is 12.5. The van der Waals surface area contributed by atoms with Gasteiger partial charge in [-0.15, -0.1) is 0 Å². The maximum atomic E-state index is 11.7. The number of benzene rings is 2. The fraction of sp³-hybridized carbons (Fsp3) is 0.188. The molecule has 0 saturated heterocycles. The molecule has 0 spiro atoms. The summed E-state index contributed by atoms with van der Waals surface area (Å²) in [6, 6.07) is 15.9. The summed E-state index contributed by atoms with van der Waals surface area (Å²) in [6.45, 7) is 0. The fourth-order valence-corrected chi connectivity index (χ4v) is 2.81. The molecular weight excluding hydrogens is 286 g/mol. The van der Waals surface area contributed by atoms with Crippen molar-refractivity contribution in [3.63, 3.8) is 0 Å². The van der Waals surface area contributed by atoms with Crippen LogP contribution in [0.1, 0.15) is 17.0 Å². The summed E-state index contributed by atoms with van der Waals surface area (Å²) in [7, 11) is -3.24. The first kappa shape index (κ1) is 15.3. The second-order valence-corrected chi connectivity index (χ2v) is 7.00. The van der Waals surface area contributed by atoms with E-state index in [1.165, 1.54) is 12.1 Å². The van der Waals surface area contributed by atoms with Crippen LogP contribution >= 0.6 is 0 Å². The van der Waals surface area contributed by atoms with Gasteiger partial charge in [0.05, 0.1) is 10.8 Å². The number of sulfone groups is 1. The van der Waals surface area contributed by atoms with Crippen molar-refractivity contribution < 1.29 is 13.2 Å². The third kappa shape index (κ3) is 3.92. The SMILES string of the molecule is CS(=O)(=O)c1ccc(C(Cc2ccccc2)C(N)=O)cc1. The topological polar surface area (TPSA) is 77.2 Å². The summed E-state index contributed by atoms with van der Waals surface area (Å²) in [4.78, 5) is 11.9. The Morgan fingerprint density at radius 1 is 1.05 bits per heavy atom. The first-order valence-corrected chi connectivity index (χ1v) is 8.40. The van der Waals surface area contributed by atoms with E-state index in [-0.39, 0.29) is 4.90 Å². The molecule has 0 aliphatic rings. The summed E-state index contributed by atoms with van der Waals surface area (Å²) in [5.41, 5.74) is 7.21. The molecule has 0 fully saturated rings. The van der Waals surface area contributed by atoms with Crippen molar-refractivity contribution in [3.05, 3.63) is 65.7 Å². The van der Waals surface area contributed by atoms with Crippen LogP contribution in [0.15, 0.2) is 59.5 Å². The Morgan fingerprint density at radius 3 is 2.10 bits per heavy atom. The van der Waals surface area contributed by atoms with Crippen LogP contribution in [0.25, 0.3) is 0 Å². The van der Waals surface area contributed by atoms with Gasteiger partial charge in [0.25, 0.3) is 0 Å². The van der Waals surface area contributed by atoms with Gasteiger partial charge in [-0.2, -0.15) is 0 Å². The molecule has 0 saturated carbocycles. The molecule has 4 nitrogen and oxygen atoms in total. The van der Waals surface area contributed by atoms with E-state index in [1.807, 2.05) is 30.3 Å². The third-order valence-electron chi connectivity index (χ3n) is 3.34. The lowest BCUT2D eigenvalue weighted by molar-refractivity contribution is -0.119. The summed E-state index contributed by atoms with van der Waals surface area (Å²) in [6.07, 6.45) is 1.64. The predicted molar refractivity (Wildman–Crippen MR) is 81.6 cm³/mol. The average Bonchev–Trinajstić information content (AvgIpc) is 2.45. The molecule has 0 aliphatic carbocycles. The van der Waals surface area contributed by atoms with E-state index >= 15 is 0 Å². The van der Waals surface area contributed by atoms with Gasteiger partial charge in [0.1, 0.15) is 0 Å². The molecule has 0 heterocycles. The van der Waals surface area contributed by atoms with Gasteiger partial charge in [0, 0.05) is 6.26 Å². The summed E-state index contributed by atoms with van der Waals surface area (Å²) in [5, 5.41) is 0. The molecule has 21 heavy (non-hydrogen) atoms. The highest BCUT2D eigenvalue weighted by Crippen LogP contribution is 2.22. The van der Waals surface area contributed by atoms with E-state index in [9.17, 15) is 13.2 Å². The first-order valence-electron chi connectivity index (χ1n) is 6.51. The van der Waals surface area contributed by atoms with Crippen LogP contribution in [0.5, 0.6) is 0 Å². The summed E-state index contributed by atoms with van der Waals surface area (Å²) < 4.78 is 22.9. The number of primary amides is 1. The normalized spacial score (nSPS) is 12.8. The molecule has 110 valence electrons. The zero-order chi connectivity index (χ0) is 15.5. The minimum Gasteiger partial charge on any atom is -0.369 e. The van der Waals surface area contributed by atoms with Gasteiger partial charge in [-0.3, -0.25) is 4.79 Å². The average molecular weight is 303 g/mol. The van der Waals surface area contributed by atoms with E-state index in [2.05, 4.69) is 0 Å². The monoisotopic (exact) mass is 303 g/mol. The molecule has 2 rings (SSSR count). The van der Waals surface area contributed by atoms with E-state index < -0.39 is 21.7 Å². The first-order chi connectivity index (χ1) is 9.88. The second-order valence-electron chi connectivity index (χ2n) is 4.99. The highest BCUT2D eigenvalue weighted by Gasteiger charge is 2.19. The quantitative estimate of drug-likeness (QED) is 0.916. The van der Waals surface area contributed by atoms with Crippen molar-refractivity contribution in [2.45, 2.75) is 17.2 Å². The number of carbonyl (C=O) groups excluding carboxylic acids is 1. The molecule has 2 aromatic carbocycles. The highest BCUT2D eigenvalue weighted by molar-refractivity contribution is 7.90. The lowest BCUT2D eigenvalue weighted by atomic mass is 9.91. The molecule has 0 aliphatic heterocycles. The van der Waals surface area contributed by atoms with Crippen molar-refractivity contribution in [2.75, 3.05) is 6.26 Å². The minimum absolute atomic E-state index is 0.231. The molecule has 2 aromatic rings. The molecule has 1 unspecified atom stereocenters. The van der Waals surface area contributed by atoms with Crippen molar-refractivity contribution in [1.82, 2.24) is 0 Å². The lowest BCUT2D eigenvalue weighted by Crippen LogP contribution is -2.23. The summed E-state index contributed by atoms with van der Waals surface area (Å²) >= 11 is 0. The predicted octanol–water partition coefficient (Wildman–Crippen LogP) is 1.90. The van der Waals surface area contributed by atoms with Crippen LogP contribution in [-0.2, 0) is 21.1 Å². The van der Waals surface area contributed by atoms with Crippen molar-refractivity contribution >= 4 is 15.7 Å². The number of hydrogen-bond acceptors (Lipinski definition) is 3. The van der Waals surface area contributed by atoms with Gasteiger partial charge in [-0.1, -0.05) is 42.5 Å². The van der Waals surface area contributed by atoms with E-state index in [0.29, 0.717) is 6.42 Å². The van der Waals surface area contributed by atoms with E-state index in [1.54, 1.807) is 12.1 Å². The standard InChI is InChI=1S/C16H17NO3S/c1-21(19,20)14-9-7-13(8-10-14)15(16(17)18)11-12-5-3-2-4-6-12/h2-10,15H,11H2,1H3,(H2,17,18). The van der Waals surface area contributed by atoms with Crippen molar-refractivity contribution in [2.24, 2.45) is 5.73 Å². The molecule has 2 N–H and O–H groups in total. The minimum atomic E-state index is -3.24. The van der Waals surface area contributed by atoms with Gasteiger partial charge in [0.2, 0.25) is 5.91 Å². The van der Waals surface area contributed by atoms with Crippen LogP contribution in [0, 0.1) is 0 Å². The molecular formula is C16H17NO3S. The smallest absolute Gasteiger partial charge is 0.225 e. The highest BCUT2D eigenvalue weighted by atomic mass is 32.2. The van der Waals surface area contributed by atoms with Crippen LogP contribution < -0.4 is 5.73 Å². The van der Waals surface area contributed by atoms with Gasteiger partial charge in [0.15, 0.2) is 9.84 Å². The van der Waals surface area contributed by atoms with Gasteiger partial charge < -0.3 is 5.73 Å². The van der Waals surface area contributed by atoms with Crippen molar-refractivity contribution in [3.8, 4) is 0 Å². The van der Waals surface area contributed by atoms with Crippen LogP contribution in [0.4, 0.5) is 0 Å². The van der Waals surface area contributed by atoms with Crippen LogP contribution in [0.3, 0.4) is 0 Å². The van der Waals surface area contributed by atoms with Crippen molar-refractivity contribution in [1.29, 1.82) is 0 Å². The molecule has 0 aromatic heterocycles. The van der Waals surface area contributed by atoms with Crippen LogP contribution in [-0.4, -0.2) is 20.6 Å². The third-order valence-corrected chi connectivity index (χ3v) is 4.47. The van der Waals surface area contributed by atoms with Gasteiger partial charge in [-0.05, 0) is 29.7 Å². The van der Waals surface area contributed by atoms with E-state index in [0.717, 1.165) is 17.4 Å². The zero-order valence-electron chi connectivity index (χ0n) is 11.7. The molecule has 1 amide bonds. The van der Waals surface area contributed by atoms with E-state index in [4.69, 9.17) is 5.73 Å². The Hall–Kier alpha value is -2.14. The maximum Gasteiger partial charge on any atom is 0.225 e. The molecule has 0 radical (unpaired) electrons. The number of nitrogens with two attached hydrogens (primary N) is 1. The number of amides is 1. The Morgan fingerprint density at radius 2 is 1.62 bits per heavy atom. The van der Waals surface area contributed by atoms with Gasteiger partial charge >= 0.3 is 0 Å². The van der Waals surface area contributed by atoms with Gasteiger partial charge in [-0.25, -0.2) is 8.42 Å². The van der Waals surface area contributed by atoms with Crippen LogP contribution in [0.2, 0.25) is 0 Å².